The second-order valence-electron chi connectivity index (χ2n) is 7.35. The summed E-state index contributed by atoms with van der Waals surface area (Å²) >= 11 is 0. The molecular weight excluding hydrogens is 246 g/mol. The molecule has 5 rings (SSSR count). The van der Waals surface area contributed by atoms with Crippen molar-refractivity contribution in [3.05, 3.63) is 35.9 Å². The lowest BCUT2D eigenvalue weighted by Crippen LogP contribution is -2.52. The van der Waals surface area contributed by atoms with Crippen molar-refractivity contribution in [3.8, 4) is 0 Å². The quantitative estimate of drug-likeness (QED) is 0.906. The summed E-state index contributed by atoms with van der Waals surface area (Å²) in [6, 6.07) is 10.5. The van der Waals surface area contributed by atoms with E-state index in [0.29, 0.717) is 6.54 Å². The van der Waals surface area contributed by atoms with Gasteiger partial charge in [-0.05, 0) is 61.8 Å². The largest absolute Gasteiger partial charge is 0.366 e. The minimum Gasteiger partial charge on any atom is -0.366 e. The Kier molecular flexibility index (Phi) is 3.12. The van der Waals surface area contributed by atoms with Gasteiger partial charge in [0.05, 0.1) is 11.7 Å². The summed E-state index contributed by atoms with van der Waals surface area (Å²) in [6.45, 7) is 0.589. The van der Waals surface area contributed by atoms with E-state index in [1.807, 2.05) is 0 Å². The molecule has 4 fully saturated rings. The Morgan fingerprint density at radius 1 is 1.00 bits per heavy atom. The van der Waals surface area contributed by atoms with E-state index in [2.05, 4.69) is 30.3 Å². The minimum absolute atomic E-state index is 0.0763. The molecule has 4 aliphatic rings. The Balaban J connectivity index is 1.55. The van der Waals surface area contributed by atoms with Gasteiger partial charge in [-0.3, -0.25) is 0 Å². The molecule has 1 aromatic rings. The maximum absolute atomic E-state index is 6.66. The molecular formula is C18H25NO. The molecule has 108 valence electrons. The first kappa shape index (κ1) is 12.8. The Morgan fingerprint density at radius 2 is 1.55 bits per heavy atom. The second-order valence-corrected chi connectivity index (χ2v) is 7.35. The number of nitrogens with two attached hydrogens (primary N) is 1. The lowest BCUT2D eigenvalue weighted by Gasteiger charge is -2.57. The summed E-state index contributed by atoms with van der Waals surface area (Å²) < 4.78 is 6.66. The van der Waals surface area contributed by atoms with E-state index in [0.717, 1.165) is 17.8 Å². The highest BCUT2D eigenvalue weighted by atomic mass is 16.5. The standard InChI is InChI=1S/C18H25NO/c19-12-17(16-4-2-1-3-5-16)20-18-9-13-6-14(10-18)8-15(7-13)11-18/h1-5,13-15,17H,6-12,19H2. The molecule has 2 nitrogen and oxygen atoms in total. The molecule has 0 radical (unpaired) electrons. The highest BCUT2D eigenvalue weighted by Gasteiger charge is 2.52. The van der Waals surface area contributed by atoms with Gasteiger partial charge in [-0.25, -0.2) is 0 Å². The fraction of sp³-hybridized carbons (Fsp3) is 0.667. The Bertz CT molecular complexity index is 434. The van der Waals surface area contributed by atoms with Crippen LogP contribution in [0.3, 0.4) is 0 Å². The van der Waals surface area contributed by atoms with E-state index in [1.165, 1.54) is 44.1 Å². The predicted molar refractivity (Wildman–Crippen MR) is 80.2 cm³/mol. The van der Waals surface area contributed by atoms with Crippen molar-refractivity contribution >= 4 is 0 Å². The molecule has 0 heterocycles. The summed E-state index contributed by atoms with van der Waals surface area (Å²) in [5.74, 6) is 2.78. The van der Waals surface area contributed by atoms with Crippen LogP contribution in [0.5, 0.6) is 0 Å². The van der Waals surface area contributed by atoms with E-state index >= 15 is 0 Å². The summed E-state index contributed by atoms with van der Waals surface area (Å²) in [5, 5.41) is 0. The average molecular weight is 271 g/mol. The first-order chi connectivity index (χ1) is 9.76. The van der Waals surface area contributed by atoms with Crippen LogP contribution in [0.2, 0.25) is 0 Å². The summed E-state index contributed by atoms with van der Waals surface area (Å²) in [7, 11) is 0. The van der Waals surface area contributed by atoms with Crippen molar-refractivity contribution in [1.82, 2.24) is 0 Å². The maximum atomic E-state index is 6.66. The van der Waals surface area contributed by atoms with Gasteiger partial charge in [-0.1, -0.05) is 30.3 Å². The monoisotopic (exact) mass is 271 g/mol. The van der Waals surface area contributed by atoms with E-state index in [-0.39, 0.29) is 11.7 Å². The van der Waals surface area contributed by atoms with Crippen LogP contribution in [0, 0.1) is 17.8 Å². The van der Waals surface area contributed by atoms with Crippen molar-refractivity contribution in [2.75, 3.05) is 6.54 Å². The zero-order valence-electron chi connectivity index (χ0n) is 12.1. The van der Waals surface area contributed by atoms with Crippen molar-refractivity contribution in [1.29, 1.82) is 0 Å². The minimum atomic E-state index is 0.0763. The van der Waals surface area contributed by atoms with Crippen LogP contribution in [-0.4, -0.2) is 12.1 Å². The van der Waals surface area contributed by atoms with Crippen molar-refractivity contribution in [3.63, 3.8) is 0 Å². The number of ether oxygens (including phenoxy) is 1. The molecule has 4 aliphatic carbocycles. The first-order valence-electron chi connectivity index (χ1n) is 8.19. The Hall–Kier alpha value is -0.860. The van der Waals surface area contributed by atoms with E-state index in [1.54, 1.807) is 0 Å². The fourth-order valence-corrected chi connectivity index (χ4v) is 5.40. The molecule has 2 N–H and O–H groups in total. The molecule has 1 atom stereocenters. The SMILES string of the molecule is NCC(OC12CC3CC(CC(C3)C1)C2)c1ccccc1. The van der Waals surface area contributed by atoms with E-state index in [4.69, 9.17) is 10.5 Å². The summed E-state index contributed by atoms with van der Waals surface area (Å²) in [6.07, 6.45) is 8.30. The van der Waals surface area contributed by atoms with Crippen LogP contribution < -0.4 is 5.73 Å². The topological polar surface area (TPSA) is 35.2 Å². The highest BCUT2D eigenvalue weighted by Crippen LogP contribution is 2.58. The number of hydrogen-bond donors (Lipinski definition) is 1. The van der Waals surface area contributed by atoms with Gasteiger partial charge in [0, 0.05) is 6.54 Å². The van der Waals surface area contributed by atoms with Gasteiger partial charge in [-0.2, -0.15) is 0 Å². The Labute approximate surface area is 121 Å². The van der Waals surface area contributed by atoms with E-state index < -0.39 is 0 Å². The van der Waals surface area contributed by atoms with Crippen LogP contribution in [0.4, 0.5) is 0 Å². The molecule has 2 heteroatoms. The van der Waals surface area contributed by atoms with Crippen molar-refractivity contribution in [2.45, 2.75) is 50.2 Å². The van der Waals surface area contributed by atoms with Gasteiger partial charge >= 0.3 is 0 Å². The lowest BCUT2D eigenvalue weighted by molar-refractivity contribution is -0.187. The molecule has 20 heavy (non-hydrogen) atoms. The lowest BCUT2D eigenvalue weighted by atomic mass is 9.54. The van der Waals surface area contributed by atoms with E-state index in [9.17, 15) is 0 Å². The zero-order chi connectivity index (χ0) is 13.6. The third kappa shape index (κ3) is 2.19. The molecule has 1 unspecified atom stereocenters. The van der Waals surface area contributed by atoms with Gasteiger partial charge < -0.3 is 10.5 Å². The normalized spacial score (nSPS) is 40.0. The third-order valence-corrected chi connectivity index (χ3v) is 5.76. The number of benzene rings is 1. The molecule has 4 saturated carbocycles. The van der Waals surface area contributed by atoms with Crippen LogP contribution in [0.15, 0.2) is 30.3 Å². The fourth-order valence-electron chi connectivity index (χ4n) is 5.40. The summed E-state index contributed by atoms with van der Waals surface area (Å²) in [4.78, 5) is 0. The molecule has 0 spiro atoms. The first-order valence-corrected chi connectivity index (χ1v) is 8.19. The van der Waals surface area contributed by atoms with Crippen LogP contribution in [-0.2, 0) is 4.74 Å². The highest BCUT2D eigenvalue weighted by molar-refractivity contribution is 5.18. The number of hydrogen-bond acceptors (Lipinski definition) is 2. The maximum Gasteiger partial charge on any atom is 0.0954 e. The van der Waals surface area contributed by atoms with Crippen molar-refractivity contribution in [2.24, 2.45) is 23.5 Å². The number of rotatable bonds is 4. The molecule has 0 amide bonds. The molecule has 0 aromatic heterocycles. The van der Waals surface area contributed by atoms with Gasteiger partial charge in [0.25, 0.3) is 0 Å². The molecule has 4 bridgehead atoms. The van der Waals surface area contributed by atoms with Crippen LogP contribution in [0.1, 0.15) is 50.2 Å². The Morgan fingerprint density at radius 3 is 2.05 bits per heavy atom. The molecule has 0 aliphatic heterocycles. The van der Waals surface area contributed by atoms with Gasteiger partial charge in [-0.15, -0.1) is 0 Å². The van der Waals surface area contributed by atoms with Gasteiger partial charge in [0.15, 0.2) is 0 Å². The zero-order valence-corrected chi connectivity index (χ0v) is 12.1. The van der Waals surface area contributed by atoms with Crippen molar-refractivity contribution < 1.29 is 4.74 Å². The van der Waals surface area contributed by atoms with Crippen LogP contribution in [0.25, 0.3) is 0 Å². The van der Waals surface area contributed by atoms with Crippen LogP contribution >= 0.6 is 0 Å². The smallest absolute Gasteiger partial charge is 0.0954 e. The summed E-state index contributed by atoms with van der Waals surface area (Å²) in [5.41, 5.74) is 7.40. The molecule has 0 saturated heterocycles. The average Bonchev–Trinajstić information content (AvgIpc) is 2.44. The second kappa shape index (κ2) is 4.85. The van der Waals surface area contributed by atoms with Gasteiger partial charge in [0.2, 0.25) is 0 Å². The third-order valence-electron chi connectivity index (χ3n) is 5.76. The van der Waals surface area contributed by atoms with Gasteiger partial charge in [0.1, 0.15) is 0 Å². The molecule has 1 aromatic carbocycles. The predicted octanol–water partition coefficient (Wildman–Crippen LogP) is 3.67.